The molecule has 0 saturated carbocycles. The fourth-order valence-corrected chi connectivity index (χ4v) is 1.79. The molecule has 0 spiro atoms. The Bertz CT molecular complexity index is 217. The standard InChI is InChI=1S/C5H5IN2O/c7-5-2-1-4(8-9)3-6-5/h1-3H,7H2. The Hall–Kier alpha value is -0.360. The minimum Gasteiger partial charge on any atom is -0.298 e. The topological polar surface area (TPSA) is 55.4 Å². The van der Waals surface area contributed by atoms with Crippen LogP contribution in [0.1, 0.15) is 0 Å². The molecular weight excluding hydrogens is 231 g/mol. The monoisotopic (exact) mass is 236 g/mol. The van der Waals surface area contributed by atoms with Gasteiger partial charge in [0.1, 0.15) is 5.70 Å². The number of halogens is 1. The van der Waals surface area contributed by atoms with E-state index < -0.39 is 0 Å². The molecule has 0 aromatic rings. The molecule has 0 atom stereocenters. The van der Waals surface area contributed by atoms with Crippen molar-refractivity contribution < 1.29 is 0 Å². The van der Waals surface area contributed by atoms with Crippen molar-refractivity contribution in [2.75, 3.05) is 0 Å². The quantitative estimate of drug-likeness (QED) is 0.549. The molecule has 9 heavy (non-hydrogen) atoms. The molecule has 0 aromatic heterocycles. The van der Waals surface area contributed by atoms with Gasteiger partial charge in [-0.2, -0.15) is 0 Å². The van der Waals surface area contributed by atoms with Gasteiger partial charge in [0.2, 0.25) is 0 Å². The van der Waals surface area contributed by atoms with E-state index in [-0.39, 0.29) is 20.7 Å². The Morgan fingerprint density at radius 3 is 2.78 bits per heavy atom. The molecule has 1 aliphatic rings. The average Bonchev–Trinajstić information content (AvgIpc) is 1.90. The van der Waals surface area contributed by atoms with Crippen LogP contribution in [0.2, 0.25) is 0 Å². The van der Waals surface area contributed by atoms with Crippen molar-refractivity contribution in [1.82, 2.24) is 0 Å². The predicted molar refractivity (Wildman–Crippen MR) is 46.2 cm³/mol. The lowest BCUT2D eigenvalue weighted by molar-refractivity contribution is 1.41. The highest BCUT2D eigenvalue weighted by Crippen LogP contribution is 2.13. The van der Waals surface area contributed by atoms with Crippen molar-refractivity contribution in [1.29, 1.82) is 0 Å². The van der Waals surface area contributed by atoms with Crippen molar-refractivity contribution >= 4 is 24.4 Å². The molecule has 0 fully saturated rings. The van der Waals surface area contributed by atoms with Gasteiger partial charge in [-0.25, -0.2) is 0 Å². The van der Waals surface area contributed by atoms with E-state index in [1.54, 1.807) is 16.2 Å². The number of allylic oxidation sites excluding steroid dienone is 1. The summed E-state index contributed by atoms with van der Waals surface area (Å²) in [6.07, 6.45) is 3.37. The first-order valence-corrected chi connectivity index (χ1v) is 4.63. The van der Waals surface area contributed by atoms with Gasteiger partial charge in [-0.05, 0) is 17.3 Å². The number of hydrogen-bond donors (Lipinski definition) is 1. The van der Waals surface area contributed by atoms with E-state index >= 15 is 0 Å². The highest BCUT2D eigenvalue weighted by molar-refractivity contribution is 14.2. The highest BCUT2D eigenvalue weighted by atomic mass is 127. The van der Waals surface area contributed by atoms with Crippen molar-refractivity contribution in [3.8, 4) is 0 Å². The van der Waals surface area contributed by atoms with Crippen LogP contribution in [0.4, 0.5) is 0 Å². The molecule has 3 nitrogen and oxygen atoms in total. The summed E-state index contributed by atoms with van der Waals surface area (Å²) in [5.74, 6) is 0. The lowest BCUT2D eigenvalue weighted by Gasteiger charge is -1.93. The maximum Gasteiger partial charge on any atom is 0.113 e. The SMILES string of the molecule is NC1=IC=C(N=O)C=C1. The fourth-order valence-electron chi connectivity index (χ4n) is 0.407. The molecule has 4 heteroatoms. The second kappa shape index (κ2) is 2.98. The maximum absolute atomic E-state index is 9.86. The van der Waals surface area contributed by atoms with E-state index in [1.165, 1.54) is 0 Å². The summed E-state index contributed by atoms with van der Waals surface area (Å²) in [7, 11) is 0. The fraction of sp³-hybridized carbons (Fsp3) is 0. The summed E-state index contributed by atoms with van der Waals surface area (Å²) in [5.41, 5.74) is 5.95. The maximum atomic E-state index is 9.86. The molecule has 1 rings (SSSR count). The third-order valence-electron chi connectivity index (χ3n) is 0.811. The first kappa shape index (κ1) is 6.76. The third kappa shape index (κ3) is 1.79. The van der Waals surface area contributed by atoms with Crippen LogP contribution in [0, 0.1) is 4.91 Å². The van der Waals surface area contributed by atoms with E-state index in [1.807, 2.05) is 0 Å². The lowest BCUT2D eigenvalue weighted by Crippen LogP contribution is -2.04. The summed E-state index contributed by atoms with van der Waals surface area (Å²) in [4.78, 5) is 9.86. The largest absolute Gasteiger partial charge is 0.298 e. The summed E-state index contributed by atoms with van der Waals surface area (Å²) in [6.45, 7) is 0. The number of rotatable bonds is 1. The molecule has 48 valence electrons. The first-order valence-electron chi connectivity index (χ1n) is 2.30. The van der Waals surface area contributed by atoms with Gasteiger partial charge in [-0.15, -0.1) is 4.91 Å². The normalized spacial score (nSPS) is 17.4. The van der Waals surface area contributed by atoms with Crippen LogP contribution in [0.25, 0.3) is 0 Å². The minimum absolute atomic E-state index is 0.243. The molecule has 2 N–H and O–H groups in total. The second-order valence-corrected chi connectivity index (χ2v) is 3.94. The summed E-state index contributed by atoms with van der Waals surface area (Å²) >= 11 is -0.243. The van der Waals surface area contributed by atoms with Crippen molar-refractivity contribution in [3.63, 3.8) is 0 Å². The number of hydrogen-bond acceptors (Lipinski definition) is 3. The molecule has 0 aromatic carbocycles. The molecule has 0 aliphatic carbocycles. The summed E-state index contributed by atoms with van der Waals surface area (Å²) in [6, 6.07) is 0. The molecule has 0 unspecified atom stereocenters. The van der Waals surface area contributed by atoms with Crippen molar-refractivity contribution in [2.45, 2.75) is 0 Å². The number of nitrogens with zero attached hydrogens (tertiary/aromatic N) is 1. The van der Waals surface area contributed by atoms with Crippen LogP contribution in [-0.4, -0.2) is 3.63 Å². The van der Waals surface area contributed by atoms with Gasteiger partial charge < -0.3 is 0 Å². The van der Waals surface area contributed by atoms with Crippen LogP contribution >= 0.6 is 20.7 Å². The Labute approximate surface area is 62.3 Å². The predicted octanol–water partition coefficient (Wildman–Crippen LogP) is 1.22. The van der Waals surface area contributed by atoms with Crippen LogP contribution in [0.3, 0.4) is 0 Å². The lowest BCUT2D eigenvalue weighted by atomic mass is 10.4. The molecule has 0 saturated heterocycles. The van der Waals surface area contributed by atoms with Gasteiger partial charge in [0.25, 0.3) is 0 Å². The molecular formula is C5H5IN2O. The Balaban J connectivity index is 2.86. The first-order chi connectivity index (χ1) is 4.33. The van der Waals surface area contributed by atoms with Crippen molar-refractivity contribution in [3.05, 3.63) is 26.8 Å². The van der Waals surface area contributed by atoms with Gasteiger partial charge in [0.05, 0.1) is 0 Å². The minimum atomic E-state index is -0.243. The molecule has 0 amide bonds. The zero-order chi connectivity index (χ0) is 6.69. The molecule has 0 radical (unpaired) electrons. The van der Waals surface area contributed by atoms with Gasteiger partial charge in [-0.3, -0.25) is 5.73 Å². The van der Waals surface area contributed by atoms with Crippen LogP contribution < -0.4 is 5.73 Å². The molecule has 1 aliphatic heterocycles. The third-order valence-corrected chi connectivity index (χ3v) is 2.84. The van der Waals surface area contributed by atoms with Crippen molar-refractivity contribution in [2.24, 2.45) is 10.9 Å². The van der Waals surface area contributed by atoms with Crippen LogP contribution in [-0.2, 0) is 0 Å². The number of nitrogens with two attached hydrogens (primary N) is 1. The van der Waals surface area contributed by atoms with E-state index in [9.17, 15) is 4.91 Å². The van der Waals surface area contributed by atoms with Gasteiger partial charge in [0.15, 0.2) is 0 Å². The summed E-state index contributed by atoms with van der Waals surface area (Å²) < 4.78 is 2.68. The summed E-state index contributed by atoms with van der Waals surface area (Å²) in [5, 5.41) is 2.76. The van der Waals surface area contributed by atoms with Gasteiger partial charge in [-0.1, -0.05) is 20.7 Å². The zero-order valence-electron chi connectivity index (χ0n) is 4.54. The Kier molecular flexibility index (Phi) is 2.23. The highest BCUT2D eigenvalue weighted by Gasteiger charge is 1.93. The Morgan fingerprint density at radius 2 is 2.33 bits per heavy atom. The van der Waals surface area contributed by atoms with Crippen LogP contribution in [0.15, 0.2) is 27.1 Å². The van der Waals surface area contributed by atoms with E-state index in [0.29, 0.717) is 5.70 Å². The number of nitroso groups, excluding NO2 is 1. The van der Waals surface area contributed by atoms with E-state index in [4.69, 9.17) is 5.73 Å². The average molecular weight is 236 g/mol. The van der Waals surface area contributed by atoms with Crippen LogP contribution in [0.5, 0.6) is 0 Å². The molecule has 1 heterocycles. The van der Waals surface area contributed by atoms with E-state index in [0.717, 1.165) is 3.63 Å². The second-order valence-electron chi connectivity index (χ2n) is 1.45. The van der Waals surface area contributed by atoms with Gasteiger partial charge >= 0.3 is 0 Å². The Morgan fingerprint density at radius 1 is 1.56 bits per heavy atom. The molecule has 0 bridgehead atoms. The smallest absolute Gasteiger partial charge is 0.113 e. The van der Waals surface area contributed by atoms with Gasteiger partial charge in [0, 0.05) is 7.72 Å². The zero-order valence-corrected chi connectivity index (χ0v) is 6.70. The van der Waals surface area contributed by atoms with E-state index in [2.05, 4.69) is 5.18 Å².